The number of amides is 7. The molecule has 0 aliphatic carbocycles. The maximum Gasteiger partial charge on any atom is 0.334 e. The third-order valence-electron chi connectivity index (χ3n) is 11.4. The smallest absolute Gasteiger partial charge is 0.334 e. The molecule has 0 spiro atoms. The van der Waals surface area contributed by atoms with Crippen LogP contribution < -0.4 is 42.5 Å². The van der Waals surface area contributed by atoms with Gasteiger partial charge in [0.25, 0.3) is 0 Å². The largest absolute Gasteiger partial charge is 0.479 e. The molecule has 10 N–H and O–H groups in total. The second-order valence-corrected chi connectivity index (χ2v) is 21.0. The molecule has 4 fully saturated rings. The van der Waals surface area contributed by atoms with Gasteiger partial charge in [-0.2, -0.15) is 0 Å². The van der Waals surface area contributed by atoms with Crippen LogP contribution >= 0.6 is 23.5 Å². The number of thioether (sulfide) groups is 2. The molecular weight excluding hydrogens is 919 g/mol. The van der Waals surface area contributed by atoms with Gasteiger partial charge in [-0.1, -0.05) is 60.7 Å². The highest BCUT2D eigenvalue weighted by molar-refractivity contribution is 8.01. The summed E-state index contributed by atoms with van der Waals surface area (Å²) in [5, 5.41) is 40.0. The van der Waals surface area contributed by atoms with E-state index in [2.05, 4.69) is 42.5 Å². The van der Waals surface area contributed by atoms with Crippen molar-refractivity contribution in [1.29, 1.82) is 0 Å². The van der Waals surface area contributed by atoms with Crippen LogP contribution in [0.25, 0.3) is 0 Å². The summed E-state index contributed by atoms with van der Waals surface area (Å²) >= 11 is 2.81. The minimum atomic E-state index is -1.14. The molecule has 6 rings (SSSR count). The van der Waals surface area contributed by atoms with E-state index in [4.69, 9.17) is 14.9 Å². The van der Waals surface area contributed by atoms with E-state index >= 15 is 0 Å². The molecule has 2 aromatic carbocycles. The van der Waals surface area contributed by atoms with Crippen LogP contribution in [0.3, 0.4) is 0 Å². The van der Waals surface area contributed by atoms with Crippen molar-refractivity contribution < 1.29 is 53.3 Å². The molecule has 4 saturated heterocycles. The number of hydrogen-bond donors (Lipinski definition) is 10. The van der Waals surface area contributed by atoms with Crippen molar-refractivity contribution >= 4 is 70.8 Å². The molecule has 22 heteroatoms. The fourth-order valence-electron chi connectivity index (χ4n) is 8.07. The molecular formula is C46H63N9O11S2. The number of aliphatic hydroxyl groups excluding tert-OH is 1. The van der Waals surface area contributed by atoms with Gasteiger partial charge < -0.3 is 46.9 Å². The van der Waals surface area contributed by atoms with Crippen LogP contribution in [0.2, 0.25) is 0 Å². The molecule has 0 aromatic heterocycles. The highest BCUT2D eigenvalue weighted by Crippen LogP contribution is 2.41. The summed E-state index contributed by atoms with van der Waals surface area (Å²) in [4.78, 5) is 102. The second-order valence-electron chi connectivity index (χ2n) is 17.4. The minimum Gasteiger partial charge on any atom is -0.479 e. The number of aliphatic hydroxyl groups is 1. The molecule has 68 heavy (non-hydrogen) atoms. The first-order chi connectivity index (χ1) is 32.3. The molecule has 20 nitrogen and oxygen atoms in total. The Morgan fingerprint density at radius 3 is 1.53 bits per heavy atom. The number of carboxylic acids is 1. The van der Waals surface area contributed by atoms with Crippen LogP contribution in [0, 0.1) is 0 Å². The molecule has 0 bridgehead atoms. The van der Waals surface area contributed by atoms with Gasteiger partial charge in [-0.05, 0) is 58.7 Å². The Labute approximate surface area is 404 Å². The van der Waals surface area contributed by atoms with E-state index in [1.165, 1.54) is 34.5 Å². The average Bonchev–Trinajstić information content (AvgIpc) is 3.90. The number of nitrogens with one attached hydrogen (secondary N) is 8. The highest BCUT2D eigenvalue weighted by Gasteiger charge is 2.54. The SMILES string of the molecule is CCNC(=O)[C@@H](NC(=O)Cc1ccccc1)[C@@H]1N[C@@H](C(=O)NCCNC(=O)[C@@H]2N[C@@H]([C@H](NC(=O)Cc3ccccc3)C(=O)NCC)SC2(C)C)C(C)(C)S1.O=C(O)[C@H]1/C(=C/CO)O[C@@H]2CC(=O)N21. The van der Waals surface area contributed by atoms with Gasteiger partial charge in [0.15, 0.2) is 12.3 Å². The van der Waals surface area contributed by atoms with E-state index in [-0.39, 0.29) is 86.1 Å². The number of likely N-dealkylation sites (N-methyl/N-ethyl adjacent to an activating group) is 2. The number of benzene rings is 2. The Hall–Kier alpha value is -5.68. The lowest BCUT2D eigenvalue weighted by atomic mass is 10.0. The lowest BCUT2D eigenvalue weighted by Gasteiger charge is -2.33. The van der Waals surface area contributed by atoms with Crippen LogP contribution in [-0.2, 0) is 55.9 Å². The predicted molar refractivity (Wildman–Crippen MR) is 255 cm³/mol. The Morgan fingerprint density at radius 1 is 0.735 bits per heavy atom. The monoisotopic (exact) mass is 981 g/mol. The topological polar surface area (TPSA) is 286 Å². The second kappa shape index (κ2) is 24.0. The standard InChI is InChI=1S/C38H54N8O6S2.C8H9NO5/c1-7-39-31(49)27(43-25(47)21-23-15-11-9-12-16-23)35-45-29(37(3,4)53-35)33(51)41-19-20-42-34(52)30-38(5,6)54-36(46-30)28(32(50)40-8-2)44-26(48)22-24-17-13-10-14-18-24;10-2-1-4-7(8(12)13)9-5(11)3-6(9)14-4/h9-18,27-30,35-36,45-46H,7-8,19-22H2,1-6H3,(H,39,49)(H,40,50)(H,41,51)(H,42,52)(H,43,47)(H,44,48);1,6-7,10H,2-3H2,(H,12,13)/b;4-1-/t27-,28-,29+,30+,35-,36-;6-,7-/m11/s1. The molecule has 0 unspecified atom stereocenters. The number of nitrogens with zero attached hydrogens (tertiary/aromatic N) is 1. The highest BCUT2D eigenvalue weighted by atomic mass is 32.2. The summed E-state index contributed by atoms with van der Waals surface area (Å²) in [7, 11) is 0. The number of ether oxygens (including phenoxy) is 1. The molecule has 370 valence electrons. The van der Waals surface area contributed by atoms with Crippen LogP contribution in [0.1, 0.15) is 59.1 Å². The number of fused-ring (bicyclic) bond motifs is 1. The van der Waals surface area contributed by atoms with Gasteiger partial charge in [0, 0.05) is 35.7 Å². The summed E-state index contributed by atoms with van der Waals surface area (Å²) in [6.45, 7) is 11.9. The number of aliphatic carboxylic acids is 1. The Bertz CT molecular complexity index is 2060. The Morgan fingerprint density at radius 2 is 1.16 bits per heavy atom. The lowest BCUT2D eigenvalue weighted by Crippen LogP contribution is -2.59. The van der Waals surface area contributed by atoms with E-state index in [9.17, 15) is 38.4 Å². The quantitative estimate of drug-likeness (QED) is 0.0626. The number of carboxylic acid groups (broad SMARTS) is 1. The molecule has 8 atom stereocenters. The molecule has 4 aliphatic heterocycles. The van der Waals surface area contributed by atoms with Gasteiger partial charge in [-0.15, -0.1) is 23.5 Å². The fourth-order valence-corrected chi connectivity index (χ4v) is 11.1. The molecule has 0 radical (unpaired) electrons. The zero-order valence-electron chi connectivity index (χ0n) is 39.0. The van der Waals surface area contributed by atoms with Crippen molar-refractivity contribution in [2.24, 2.45) is 0 Å². The van der Waals surface area contributed by atoms with Crippen molar-refractivity contribution in [3.8, 4) is 0 Å². The van der Waals surface area contributed by atoms with E-state index in [0.29, 0.717) is 13.1 Å². The summed E-state index contributed by atoms with van der Waals surface area (Å²) in [5.74, 6) is -3.14. The number of carbonyl (C=O) groups excluding carboxylic acids is 7. The molecule has 2 aromatic rings. The summed E-state index contributed by atoms with van der Waals surface area (Å²) in [6, 6.07) is 14.2. The maximum atomic E-state index is 13.5. The molecule has 4 aliphatic rings. The van der Waals surface area contributed by atoms with Gasteiger partial charge in [0.1, 0.15) is 29.9 Å². The summed E-state index contributed by atoms with van der Waals surface area (Å²) in [6.07, 6.45) is 1.25. The Balaban J connectivity index is 0.000000522. The first-order valence-corrected chi connectivity index (χ1v) is 24.2. The van der Waals surface area contributed by atoms with Crippen LogP contribution in [0.15, 0.2) is 72.5 Å². The summed E-state index contributed by atoms with van der Waals surface area (Å²) < 4.78 is 3.91. The number of carbonyl (C=O) groups is 8. The van der Waals surface area contributed by atoms with Gasteiger partial charge in [0.2, 0.25) is 41.4 Å². The van der Waals surface area contributed by atoms with E-state index in [1.54, 1.807) is 13.8 Å². The molecule has 0 saturated carbocycles. The Kier molecular flexibility index (Phi) is 18.8. The van der Waals surface area contributed by atoms with E-state index < -0.39 is 62.6 Å². The van der Waals surface area contributed by atoms with Gasteiger partial charge >= 0.3 is 5.97 Å². The third kappa shape index (κ3) is 13.7. The first kappa shape index (κ1) is 53.3. The van der Waals surface area contributed by atoms with Crippen LogP contribution in [-0.4, -0.2) is 152 Å². The summed E-state index contributed by atoms with van der Waals surface area (Å²) in [5.41, 5.74) is 1.64. The normalized spacial score (nSPS) is 24.4. The minimum absolute atomic E-state index is 0.111. The van der Waals surface area contributed by atoms with Gasteiger partial charge in [-0.25, -0.2) is 4.79 Å². The number of hydrogen-bond acceptors (Lipinski definition) is 14. The fraction of sp³-hybridized carbons (Fsp3) is 0.522. The van der Waals surface area contributed by atoms with Crippen molar-refractivity contribution in [2.75, 3.05) is 32.8 Å². The van der Waals surface area contributed by atoms with E-state index in [0.717, 1.165) is 11.1 Å². The van der Waals surface area contributed by atoms with Crippen molar-refractivity contribution in [3.63, 3.8) is 0 Å². The van der Waals surface area contributed by atoms with Crippen molar-refractivity contribution in [2.45, 2.75) is 117 Å². The predicted octanol–water partition coefficient (Wildman–Crippen LogP) is -0.530. The molecule has 4 heterocycles. The lowest BCUT2D eigenvalue weighted by molar-refractivity contribution is -0.163. The molecule has 7 amide bonds. The van der Waals surface area contributed by atoms with Gasteiger partial charge in [0.05, 0.1) is 36.6 Å². The third-order valence-corrected chi connectivity index (χ3v) is 14.4. The van der Waals surface area contributed by atoms with Crippen molar-refractivity contribution in [1.82, 2.24) is 47.4 Å². The first-order valence-electron chi connectivity index (χ1n) is 22.5. The number of β-lactam (4-membered cyclic amide) rings is 1. The maximum absolute atomic E-state index is 13.5. The van der Waals surface area contributed by atoms with Crippen LogP contribution in [0.5, 0.6) is 0 Å². The van der Waals surface area contributed by atoms with Crippen molar-refractivity contribution in [3.05, 3.63) is 83.6 Å². The zero-order chi connectivity index (χ0) is 49.8. The average molecular weight is 982 g/mol. The van der Waals surface area contributed by atoms with Gasteiger partial charge in [-0.3, -0.25) is 49.1 Å². The number of rotatable bonds is 19. The van der Waals surface area contributed by atoms with E-state index in [1.807, 2.05) is 88.4 Å². The van der Waals surface area contributed by atoms with Crippen LogP contribution in [0.4, 0.5) is 0 Å². The zero-order valence-corrected chi connectivity index (χ0v) is 40.6.